The summed E-state index contributed by atoms with van der Waals surface area (Å²) in [5, 5.41) is 14.7. The van der Waals surface area contributed by atoms with Crippen LogP contribution in [0.15, 0.2) is 36.4 Å². The Morgan fingerprint density at radius 2 is 1.78 bits per heavy atom. The van der Waals surface area contributed by atoms with Gasteiger partial charge < -0.3 is 15.7 Å². The van der Waals surface area contributed by atoms with Crippen molar-refractivity contribution in [2.24, 2.45) is 11.8 Å². The quantitative estimate of drug-likeness (QED) is 0.724. The van der Waals surface area contributed by atoms with Crippen LogP contribution in [-0.2, 0) is 9.59 Å². The predicted octanol–water partition coefficient (Wildman–Crippen LogP) is 2.04. The van der Waals surface area contributed by atoms with E-state index in [0.29, 0.717) is 30.6 Å². The second-order valence-corrected chi connectivity index (χ2v) is 5.39. The SMILES string of the molecule is CCNC(=O)c1ccccc1NC(=O)[C@H]1CC=CC[C@H]1C(=O)O. The molecular weight excluding hydrogens is 296 g/mol. The fraction of sp³-hybridized carbons (Fsp3) is 0.353. The zero-order valence-electron chi connectivity index (χ0n) is 12.9. The number of rotatable bonds is 5. The molecule has 3 N–H and O–H groups in total. The van der Waals surface area contributed by atoms with Crippen molar-refractivity contribution in [1.82, 2.24) is 5.32 Å². The van der Waals surface area contributed by atoms with Crippen molar-refractivity contribution < 1.29 is 19.5 Å². The van der Waals surface area contributed by atoms with Gasteiger partial charge in [0.05, 0.1) is 23.1 Å². The smallest absolute Gasteiger partial charge is 0.307 e. The summed E-state index contributed by atoms with van der Waals surface area (Å²) >= 11 is 0. The topological polar surface area (TPSA) is 95.5 Å². The number of carbonyl (C=O) groups is 3. The number of carbonyl (C=O) groups excluding carboxylic acids is 2. The lowest BCUT2D eigenvalue weighted by Crippen LogP contribution is -2.35. The van der Waals surface area contributed by atoms with Crippen molar-refractivity contribution >= 4 is 23.5 Å². The number of nitrogens with one attached hydrogen (secondary N) is 2. The summed E-state index contributed by atoms with van der Waals surface area (Å²) < 4.78 is 0. The largest absolute Gasteiger partial charge is 0.481 e. The van der Waals surface area contributed by atoms with Gasteiger partial charge in [-0.05, 0) is 31.9 Å². The van der Waals surface area contributed by atoms with E-state index < -0.39 is 17.8 Å². The van der Waals surface area contributed by atoms with Gasteiger partial charge in [0, 0.05) is 6.54 Å². The fourth-order valence-corrected chi connectivity index (χ4v) is 2.65. The highest BCUT2D eigenvalue weighted by molar-refractivity contribution is 6.04. The Labute approximate surface area is 134 Å². The van der Waals surface area contributed by atoms with Gasteiger partial charge in [-0.1, -0.05) is 24.3 Å². The van der Waals surface area contributed by atoms with Gasteiger partial charge in [-0.2, -0.15) is 0 Å². The van der Waals surface area contributed by atoms with Crippen LogP contribution in [-0.4, -0.2) is 29.4 Å². The third-order valence-electron chi connectivity index (χ3n) is 3.85. The average Bonchev–Trinajstić information content (AvgIpc) is 2.55. The van der Waals surface area contributed by atoms with Crippen LogP contribution in [0.5, 0.6) is 0 Å². The molecule has 2 amide bonds. The molecule has 6 heteroatoms. The Morgan fingerprint density at radius 3 is 2.43 bits per heavy atom. The summed E-state index contributed by atoms with van der Waals surface area (Å²) in [4.78, 5) is 35.8. The molecule has 0 saturated carbocycles. The molecule has 0 saturated heterocycles. The number of carboxylic acids is 1. The molecule has 0 aromatic heterocycles. The molecule has 2 atom stereocenters. The van der Waals surface area contributed by atoms with E-state index in [4.69, 9.17) is 0 Å². The van der Waals surface area contributed by atoms with E-state index in [1.807, 2.05) is 13.0 Å². The highest BCUT2D eigenvalue weighted by Crippen LogP contribution is 2.27. The Bertz CT molecular complexity index is 639. The third-order valence-corrected chi connectivity index (χ3v) is 3.85. The Hall–Kier alpha value is -2.63. The molecule has 6 nitrogen and oxygen atoms in total. The summed E-state index contributed by atoms with van der Waals surface area (Å²) in [5.41, 5.74) is 0.753. The van der Waals surface area contributed by atoms with Crippen LogP contribution in [0.3, 0.4) is 0 Å². The first-order valence-electron chi connectivity index (χ1n) is 7.60. The van der Waals surface area contributed by atoms with Crippen molar-refractivity contribution in [3.8, 4) is 0 Å². The molecule has 0 spiro atoms. The van der Waals surface area contributed by atoms with Gasteiger partial charge in [0.1, 0.15) is 0 Å². The second-order valence-electron chi connectivity index (χ2n) is 5.39. The minimum absolute atomic E-state index is 0.276. The first-order valence-corrected chi connectivity index (χ1v) is 7.60. The van der Waals surface area contributed by atoms with Gasteiger partial charge in [0.2, 0.25) is 5.91 Å². The summed E-state index contributed by atoms with van der Waals surface area (Å²) in [5.74, 6) is -3.01. The molecule has 23 heavy (non-hydrogen) atoms. The van der Waals surface area contributed by atoms with E-state index in [2.05, 4.69) is 10.6 Å². The molecule has 0 heterocycles. The van der Waals surface area contributed by atoms with Crippen molar-refractivity contribution in [3.63, 3.8) is 0 Å². The molecule has 0 fully saturated rings. The van der Waals surface area contributed by atoms with Gasteiger partial charge in [0.25, 0.3) is 5.91 Å². The van der Waals surface area contributed by atoms with Gasteiger partial charge >= 0.3 is 5.97 Å². The minimum Gasteiger partial charge on any atom is -0.481 e. The average molecular weight is 316 g/mol. The molecule has 1 aromatic rings. The first-order chi connectivity index (χ1) is 11.0. The van der Waals surface area contributed by atoms with Gasteiger partial charge in [0.15, 0.2) is 0 Å². The van der Waals surface area contributed by atoms with Crippen LogP contribution in [0, 0.1) is 11.8 Å². The van der Waals surface area contributed by atoms with E-state index in [1.54, 1.807) is 30.3 Å². The Balaban J connectivity index is 2.18. The number of anilines is 1. The highest BCUT2D eigenvalue weighted by atomic mass is 16.4. The van der Waals surface area contributed by atoms with Gasteiger partial charge in [-0.3, -0.25) is 14.4 Å². The number of hydrogen-bond acceptors (Lipinski definition) is 3. The normalized spacial score (nSPS) is 19.9. The molecule has 0 bridgehead atoms. The van der Waals surface area contributed by atoms with Crippen LogP contribution >= 0.6 is 0 Å². The van der Waals surface area contributed by atoms with E-state index in [0.717, 1.165) is 0 Å². The van der Waals surface area contributed by atoms with Crippen molar-refractivity contribution in [1.29, 1.82) is 0 Å². The molecular formula is C17H20N2O4. The van der Waals surface area contributed by atoms with E-state index in [9.17, 15) is 19.5 Å². The fourth-order valence-electron chi connectivity index (χ4n) is 2.65. The summed E-state index contributed by atoms with van der Waals surface area (Å²) in [6.07, 6.45) is 4.32. The predicted molar refractivity (Wildman–Crippen MR) is 86.1 cm³/mol. The number of para-hydroxylation sites is 1. The van der Waals surface area contributed by atoms with E-state index in [1.165, 1.54) is 0 Å². The monoisotopic (exact) mass is 316 g/mol. The van der Waals surface area contributed by atoms with E-state index in [-0.39, 0.29) is 11.8 Å². The van der Waals surface area contributed by atoms with Gasteiger partial charge in [-0.25, -0.2) is 0 Å². The lowest BCUT2D eigenvalue weighted by atomic mass is 9.82. The molecule has 0 radical (unpaired) electrons. The van der Waals surface area contributed by atoms with Crippen molar-refractivity contribution in [2.75, 3.05) is 11.9 Å². The minimum atomic E-state index is -0.980. The standard InChI is InChI=1S/C17H20N2O4/c1-2-18-15(20)13-9-5-6-10-14(13)19-16(21)11-7-3-4-8-12(11)17(22)23/h3-6,9-12H,2,7-8H2,1H3,(H,18,20)(H,19,21)(H,22,23)/t11-,12+/m0/s1. The number of carboxylic acid groups (broad SMARTS) is 1. The zero-order chi connectivity index (χ0) is 16.8. The van der Waals surface area contributed by atoms with Crippen molar-refractivity contribution in [2.45, 2.75) is 19.8 Å². The maximum Gasteiger partial charge on any atom is 0.307 e. The van der Waals surface area contributed by atoms with Crippen LogP contribution in [0.25, 0.3) is 0 Å². The number of amides is 2. The van der Waals surface area contributed by atoms with Crippen LogP contribution in [0.2, 0.25) is 0 Å². The zero-order valence-corrected chi connectivity index (χ0v) is 12.9. The number of allylic oxidation sites excluding steroid dienone is 2. The second kappa shape index (κ2) is 7.58. The lowest BCUT2D eigenvalue weighted by molar-refractivity contribution is -0.146. The van der Waals surface area contributed by atoms with Crippen LogP contribution in [0.1, 0.15) is 30.1 Å². The first kappa shape index (κ1) is 16.7. The number of hydrogen-bond donors (Lipinski definition) is 3. The maximum atomic E-state index is 12.5. The number of aliphatic carboxylic acids is 1. The Kier molecular flexibility index (Phi) is 5.51. The number of benzene rings is 1. The highest BCUT2D eigenvalue weighted by Gasteiger charge is 2.34. The van der Waals surface area contributed by atoms with Crippen molar-refractivity contribution in [3.05, 3.63) is 42.0 Å². The van der Waals surface area contributed by atoms with E-state index >= 15 is 0 Å². The molecule has 2 rings (SSSR count). The molecule has 0 unspecified atom stereocenters. The third kappa shape index (κ3) is 3.97. The molecule has 122 valence electrons. The maximum absolute atomic E-state index is 12.5. The summed E-state index contributed by atoms with van der Waals surface area (Å²) in [6.45, 7) is 2.29. The molecule has 1 aliphatic carbocycles. The van der Waals surface area contributed by atoms with Crippen LogP contribution < -0.4 is 10.6 Å². The van der Waals surface area contributed by atoms with Gasteiger partial charge in [-0.15, -0.1) is 0 Å². The van der Waals surface area contributed by atoms with Crippen LogP contribution in [0.4, 0.5) is 5.69 Å². The summed E-state index contributed by atoms with van der Waals surface area (Å²) in [6, 6.07) is 6.68. The molecule has 1 aromatic carbocycles. The molecule has 1 aliphatic rings. The summed E-state index contributed by atoms with van der Waals surface area (Å²) in [7, 11) is 0. The lowest BCUT2D eigenvalue weighted by Gasteiger charge is -2.24. The molecule has 0 aliphatic heterocycles. The Morgan fingerprint density at radius 1 is 1.13 bits per heavy atom.